The Morgan fingerprint density at radius 1 is 1.48 bits per heavy atom. The lowest BCUT2D eigenvalue weighted by atomic mass is 10.0. The van der Waals surface area contributed by atoms with Crippen molar-refractivity contribution < 1.29 is 18.7 Å². The van der Waals surface area contributed by atoms with Gasteiger partial charge in [0.2, 0.25) is 0 Å². The number of nitrogens with one attached hydrogen (secondary N) is 1. The van der Waals surface area contributed by atoms with Crippen molar-refractivity contribution in [2.24, 2.45) is 0 Å². The van der Waals surface area contributed by atoms with Crippen LogP contribution < -0.4 is 5.32 Å². The van der Waals surface area contributed by atoms with Crippen LogP contribution >= 0.6 is 11.8 Å². The van der Waals surface area contributed by atoms with Crippen molar-refractivity contribution in [2.75, 3.05) is 5.75 Å². The molecule has 0 spiro atoms. The number of carboxylic acids is 1. The molecule has 1 aromatic heterocycles. The Morgan fingerprint density at radius 2 is 2.33 bits per heavy atom. The molecule has 110 valence electrons. The molecular weight excluding hydrogens is 293 g/mol. The van der Waals surface area contributed by atoms with Gasteiger partial charge in [-0.3, -0.25) is 0 Å². The van der Waals surface area contributed by atoms with Crippen LogP contribution in [0, 0.1) is 5.82 Å². The van der Waals surface area contributed by atoms with E-state index in [1.165, 1.54) is 18.4 Å². The van der Waals surface area contributed by atoms with Crippen LogP contribution in [0.15, 0.2) is 39.8 Å². The van der Waals surface area contributed by atoms with Crippen molar-refractivity contribution in [2.45, 2.75) is 23.9 Å². The molecular formula is C15H14FNO3S. The molecule has 0 aliphatic carbocycles. The number of halogens is 1. The van der Waals surface area contributed by atoms with Gasteiger partial charge in [-0.15, -0.1) is 11.8 Å². The van der Waals surface area contributed by atoms with Gasteiger partial charge in [0.25, 0.3) is 0 Å². The highest BCUT2D eigenvalue weighted by molar-refractivity contribution is 7.99. The zero-order valence-corrected chi connectivity index (χ0v) is 12.0. The molecule has 0 saturated carbocycles. The first-order chi connectivity index (χ1) is 10.1. The van der Waals surface area contributed by atoms with Crippen LogP contribution in [-0.2, 0) is 6.54 Å². The van der Waals surface area contributed by atoms with Gasteiger partial charge in [-0.1, -0.05) is 0 Å². The summed E-state index contributed by atoms with van der Waals surface area (Å²) in [7, 11) is 0. The van der Waals surface area contributed by atoms with Gasteiger partial charge in [0.05, 0.1) is 12.1 Å². The molecule has 6 heteroatoms. The van der Waals surface area contributed by atoms with Gasteiger partial charge in [0.15, 0.2) is 0 Å². The van der Waals surface area contributed by atoms with E-state index in [0.29, 0.717) is 12.3 Å². The second-order valence-electron chi connectivity index (χ2n) is 4.86. The molecule has 4 nitrogen and oxygen atoms in total. The first-order valence-corrected chi connectivity index (χ1v) is 7.58. The maximum atomic E-state index is 13.4. The van der Waals surface area contributed by atoms with Crippen molar-refractivity contribution >= 4 is 17.7 Å². The fraction of sp³-hybridized carbons (Fsp3) is 0.267. The molecule has 3 rings (SSSR count). The minimum Gasteiger partial charge on any atom is -0.478 e. The van der Waals surface area contributed by atoms with Crippen molar-refractivity contribution in [3.63, 3.8) is 0 Å². The Labute approximate surface area is 125 Å². The minimum atomic E-state index is -1.01. The molecule has 1 aromatic carbocycles. The average Bonchev–Trinajstić information content (AvgIpc) is 2.94. The van der Waals surface area contributed by atoms with E-state index in [1.807, 2.05) is 0 Å². The topological polar surface area (TPSA) is 62.5 Å². The van der Waals surface area contributed by atoms with E-state index in [2.05, 4.69) is 5.32 Å². The number of aromatic carboxylic acids is 1. The molecule has 0 radical (unpaired) electrons. The summed E-state index contributed by atoms with van der Waals surface area (Å²) in [4.78, 5) is 11.9. The highest BCUT2D eigenvalue weighted by atomic mass is 32.2. The Hall–Kier alpha value is -1.79. The smallest absolute Gasteiger partial charge is 0.338 e. The lowest BCUT2D eigenvalue weighted by molar-refractivity contribution is 0.0696. The molecule has 0 fully saturated rings. The van der Waals surface area contributed by atoms with E-state index in [-0.39, 0.29) is 17.4 Å². The summed E-state index contributed by atoms with van der Waals surface area (Å²) < 4.78 is 18.6. The summed E-state index contributed by atoms with van der Waals surface area (Å²) in [6.45, 7) is 0.415. The fourth-order valence-electron chi connectivity index (χ4n) is 2.39. The molecule has 1 atom stereocenters. The number of hydrogen-bond acceptors (Lipinski definition) is 4. The van der Waals surface area contributed by atoms with Crippen molar-refractivity contribution in [3.8, 4) is 0 Å². The monoisotopic (exact) mass is 307 g/mol. The highest BCUT2D eigenvalue weighted by Gasteiger charge is 2.21. The van der Waals surface area contributed by atoms with E-state index in [0.717, 1.165) is 22.6 Å². The largest absolute Gasteiger partial charge is 0.478 e. The molecule has 0 amide bonds. The van der Waals surface area contributed by atoms with Crippen molar-refractivity contribution in [1.82, 2.24) is 5.32 Å². The molecule has 2 aromatic rings. The quantitative estimate of drug-likeness (QED) is 0.906. The Morgan fingerprint density at radius 3 is 3.10 bits per heavy atom. The molecule has 1 unspecified atom stereocenters. The van der Waals surface area contributed by atoms with E-state index >= 15 is 0 Å². The minimum absolute atomic E-state index is 0.0512. The lowest BCUT2D eigenvalue weighted by Gasteiger charge is -2.25. The summed E-state index contributed by atoms with van der Waals surface area (Å²) in [5.41, 5.74) is 1.09. The first-order valence-electron chi connectivity index (χ1n) is 6.60. The number of benzene rings is 1. The molecule has 2 N–H and O–H groups in total. The van der Waals surface area contributed by atoms with Gasteiger partial charge >= 0.3 is 5.97 Å². The normalized spacial score (nSPS) is 17.5. The second kappa shape index (κ2) is 5.91. The van der Waals surface area contributed by atoms with Crippen LogP contribution in [0.4, 0.5) is 4.39 Å². The van der Waals surface area contributed by atoms with Crippen molar-refractivity contribution in [1.29, 1.82) is 0 Å². The number of carbonyl (C=O) groups is 1. The third kappa shape index (κ3) is 3.11. The molecule has 0 saturated heterocycles. The van der Waals surface area contributed by atoms with Gasteiger partial charge in [0, 0.05) is 10.9 Å². The van der Waals surface area contributed by atoms with Crippen LogP contribution in [0.2, 0.25) is 0 Å². The number of furan rings is 1. The Balaban J connectivity index is 1.71. The molecule has 21 heavy (non-hydrogen) atoms. The standard InChI is InChI=1S/C15H14FNO3S/c16-10-1-2-14-12(6-10)13(3-4-21-14)17-7-11-5-9(8-20-11)15(18)19/h1-2,5-6,8,13,17H,3-4,7H2,(H,18,19). The third-order valence-electron chi connectivity index (χ3n) is 3.43. The van der Waals surface area contributed by atoms with Gasteiger partial charge in [-0.2, -0.15) is 0 Å². The Bertz CT molecular complexity index is 671. The maximum absolute atomic E-state index is 13.4. The maximum Gasteiger partial charge on any atom is 0.338 e. The van der Waals surface area contributed by atoms with E-state index in [1.54, 1.807) is 23.9 Å². The predicted octanol–water partition coefficient (Wildman–Crippen LogP) is 3.44. The number of hydrogen-bond donors (Lipinski definition) is 2. The van der Waals surface area contributed by atoms with E-state index in [9.17, 15) is 9.18 Å². The number of fused-ring (bicyclic) bond motifs is 1. The fourth-order valence-corrected chi connectivity index (χ4v) is 3.49. The van der Waals surface area contributed by atoms with Gasteiger partial charge < -0.3 is 14.8 Å². The second-order valence-corrected chi connectivity index (χ2v) is 6.00. The van der Waals surface area contributed by atoms with Crippen LogP contribution in [0.25, 0.3) is 0 Å². The number of rotatable bonds is 4. The zero-order chi connectivity index (χ0) is 14.8. The average molecular weight is 307 g/mol. The zero-order valence-electron chi connectivity index (χ0n) is 11.1. The van der Waals surface area contributed by atoms with Gasteiger partial charge in [-0.25, -0.2) is 9.18 Å². The number of thioether (sulfide) groups is 1. The summed E-state index contributed by atoms with van der Waals surface area (Å²) in [5, 5.41) is 12.2. The van der Waals surface area contributed by atoms with E-state index < -0.39 is 5.97 Å². The van der Waals surface area contributed by atoms with Crippen LogP contribution in [0.3, 0.4) is 0 Å². The summed E-state index contributed by atoms with van der Waals surface area (Å²) >= 11 is 1.72. The predicted molar refractivity (Wildman–Crippen MR) is 77.0 cm³/mol. The van der Waals surface area contributed by atoms with Gasteiger partial charge in [-0.05, 0) is 42.0 Å². The lowest BCUT2D eigenvalue weighted by Crippen LogP contribution is -2.24. The summed E-state index contributed by atoms with van der Waals surface area (Å²) in [6, 6.07) is 6.39. The number of carboxylic acid groups (broad SMARTS) is 1. The molecule has 1 aliphatic rings. The van der Waals surface area contributed by atoms with Crippen LogP contribution in [0.5, 0.6) is 0 Å². The van der Waals surface area contributed by atoms with Crippen LogP contribution in [0.1, 0.15) is 34.1 Å². The highest BCUT2D eigenvalue weighted by Crippen LogP contribution is 2.36. The molecule has 2 heterocycles. The summed E-state index contributed by atoms with van der Waals surface area (Å²) in [5.74, 6) is 0.277. The van der Waals surface area contributed by atoms with Gasteiger partial charge in [0.1, 0.15) is 17.8 Å². The summed E-state index contributed by atoms with van der Waals surface area (Å²) in [6.07, 6.45) is 2.12. The first kappa shape index (κ1) is 14.2. The van der Waals surface area contributed by atoms with Crippen LogP contribution in [-0.4, -0.2) is 16.8 Å². The molecule has 1 aliphatic heterocycles. The van der Waals surface area contributed by atoms with E-state index in [4.69, 9.17) is 9.52 Å². The third-order valence-corrected chi connectivity index (χ3v) is 4.56. The SMILES string of the molecule is O=C(O)c1coc(CNC2CCSc3ccc(F)cc32)c1. The Kier molecular flexibility index (Phi) is 3.98. The van der Waals surface area contributed by atoms with Crippen molar-refractivity contribution in [3.05, 3.63) is 53.2 Å². The molecule has 0 bridgehead atoms.